The van der Waals surface area contributed by atoms with Gasteiger partial charge in [-0.05, 0) is 31.9 Å². The Hall–Kier alpha value is -3.12. The van der Waals surface area contributed by atoms with Crippen molar-refractivity contribution < 1.29 is 19.2 Å². The average molecular weight is 523 g/mol. The van der Waals surface area contributed by atoms with Crippen LogP contribution >= 0.6 is 11.3 Å². The molecule has 2 atom stereocenters. The number of H-pyrrole nitrogens is 1. The van der Waals surface area contributed by atoms with E-state index in [1.165, 1.54) is 10.4 Å². The summed E-state index contributed by atoms with van der Waals surface area (Å²) in [5, 5.41) is 23.7. The number of morpholine rings is 1. The van der Waals surface area contributed by atoms with Gasteiger partial charge in [0.25, 0.3) is 0 Å². The maximum atomic E-state index is 10.9. The van der Waals surface area contributed by atoms with Gasteiger partial charge in [0.05, 0.1) is 42.1 Å². The molecule has 1 saturated heterocycles. The first-order valence-electron chi connectivity index (χ1n) is 12.7. The number of nitrogens with zero attached hydrogens (tertiary/aromatic N) is 5. The van der Waals surface area contributed by atoms with Gasteiger partial charge in [0.15, 0.2) is 6.04 Å². The Morgan fingerprint density at radius 1 is 1.30 bits per heavy atom. The molecule has 3 N–H and O–H groups in total. The Balaban J connectivity index is 1.29. The first-order valence-corrected chi connectivity index (χ1v) is 13.5. The summed E-state index contributed by atoms with van der Waals surface area (Å²) in [6.45, 7) is 11.0. The number of anilines is 2. The van der Waals surface area contributed by atoms with E-state index in [1.807, 2.05) is 35.5 Å². The third kappa shape index (κ3) is 4.68. The number of hydrogen-bond donors (Lipinski definition) is 3. The third-order valence-corrected chi connectivity index (χ3v) is 8.28. The highest BCUT2D eigenvalue weighted by Gasteiger charge is 2.36. The molecule has 0 bridgehead atoms. The van der Waals surface area contributed by atoms with E-state index in [0.717, 1.165) is 57.6 Å². The summed E-state index contributed by atoms with van der Waals surface area (Å²) in [6, 6.07) is 4.16. The topological polar surface area (TPSA) is 111 Å². The number of aromatic amines is 1. The van der Waals surface area contributed by atoms with Crippen LogP contribution in [0.1, 0.15) is 30.7 Å². The van der Waals surface area contributed by atoms with Gasteiger partial charge in [-0.1, -0.05) is 0 Å². The van der Waals surface area contributed by atoms with Gasteiger partial charge >= 0.3 is 6.35 Å². The van der Waals surface area contributed by atoms with Crippen LogP contribution in [-0.4, -0.2) is 86.3 Å². The number of ether oxygens (including phenoxy) is 2. The number of aryl methyl sites for hydroxylation is 1. The molecular weight excluding hydrogens is 490 g/mol. The Morgan fingerprint density at radius 3 is 2.95 bits per heavy atom. The highest BCUT2D eigenvalue weighted by molar-refractivity contribution is 7.19. The molecule has 0 radical (unpaired) electrons. The van der Waals surface area contributed by atoms with E-state index in [-0.39, 0.29) is 12.1 Å². The fraction of sp³-hybridized carbons (Fsp3) is 0.462. The molecular formula is C26H32N7O3S+. The minimum atomic E-state index is -0.709. The van der Waals surface area contributed by atoms with Gasteiger partial charge in [0.1, 0.15) is 29.4 Å². The van der Waals surface area contributed by atoms with Crippen molar-refractivity contribution in [1.29, 1.82) is 0 Å². The summed E-state index contributed by atoms with van der Waals surface area (Å²) in [5.41, 5.74) is 3.04. The fourth-order valence-corrected chi connectivity index (χ4v) is 6.48. The molecule has 0 saturated carbocycles. The van der Waals surface area contributed by atoms with Crippen LogP contribution in [0.15, 0.2) is 24.7 Å². The van der Waals surface area contributed by atoms with Crippen molar-refractivity contribution >= 4 is 50.7 Å². The summed E-state index contributed by atoms with van der Waals surface area (Å²) < 4.78 is 13.4. The van der Waals surface area contributed by atoms with Crippen LogP contribution in [0.3, 0.4) is 0 Å². The SMILES string of the molecule is C=[N+](C1CCc2c(sc3ncnc(Nc4cc5cn[nH]c5cc4OC(C)C)c23)C1)C(O)N1CCOCC1. The van der Waals surface area contributed by atoms with Gasteiger partial charge < -0.3 is 19.9 Å². The van der Waals surface area contributed by atoms with Crippen LogP contribution in [0.5, 0.6) is 5.75 Å². The predicted molar refractivity (Wildman–Crippen MR) is 144 cm³/mol. The highest BCUT2D eigenvalue weighted by Crippen LogP contribution is 2.41. The molecule has 2 aliphatic rings. The van der Waals surface area contributed by atoms with Gasteiger partial charge in [-0.25, -0.2) is 14.9 Å². The molecule has 0 amide bonds. The second kappa shape index (κ2) is 9.97. The molecule has 3 aromatic heterocycles. The number of aliphatic hydroxyl groups excluding tert-OH is 1. The zero-order valence-electron chi connectivity index (χ0n) is 21.1. The molecule has 1 aromatic carbocycles. The summed E-state index contributed by atoms with van der Waals surface area (Å²) in [4.78, 5) is 13.5. The zero-order chi connectivity index (χ0) is 25.5. The second-order valence-electron chi connectivity index (χ2n) is 9.91. The van der Waals surface area contributed by atoms with Crippen molar-refractivity contribution in [2.45, 2.75) is 51.6 Å². The Labute approximate surface area is 218 Å². The van der Waals surface area contributed by atoms with E-state index in [0.29, 0.717) is 26.3 Å². The summed E-state index contributed by atoms with van der Waals surface area (Å²) >= 11 is 1.70. The van der Waals surface area contributed by atoms with Crippen LogP contribution in [0.25, 0.3) is 21.1 Å². The lowest BCUT2D eigenvalue weighted by molar-refractivity contribution is -0.660. The maximum Gasteiger partial charge on any atom is 0.319 e. The molecule has 11 heteroatoms. The van der Waals surface area contributed by atoms with Crippen LogP contribution < -0.4 is 10.1 Å². The largest absolute Gasteiger partial charge is 0.489 e. The van der Waals surface area contributed by atoms with Gasteiger partial charge in [-0.2, -0.15) is 9.67 Å². The van der Waals surface area contributed by atoms with Gasteiger partial charge in [0, 0.05) is 42.3 Å². The predicted octanol–water partition coefficient (Wildman–Crippen LogP) is 3.28. The normalized spacial score (nSPS) is 19.3. The molecule has 1 aliphatic carbocycles. The third-order valence-electron chi connectivity index (χ3n) is 7.11. The van der Waals surface area contributed by atoms with Crippen molar-refractivity contribution in [3.63, 3.8) is 0 Å². The first-order chi connectivity index (χ1) is 18.0. The van der Waals surface area contributed by atoms with Crippen molar-refractivity contribution in [3.05, 3.63) is 35.1 Å². The number of aliphatic hydroxyl groups is 1. The second-order valence-corrected chi connectivity index (χ2v) is 11.0. The minimum Gasteiger partial charge on any atom is -0.489 e. The fourth-order valence-electron chi connectivity index (χ4n) is 5.23. The Kier molecular flexibility index (Phi) is 6.53. The number of thiophene rings is 1. The minimum absolute atomic E-state index is 0.0237. The maximum absolute atomic E-state index is 10.9. The monoisotopic (exact) mass is 522 g/mol. The van der Waals surface area contributed by atoms with E-state index < -0.39 is 6.35 Å². The number of hydrogen-bond acceptors (Lipinski definition) is 9. The number of benzene rings is 1. The van der Waals surface area contributed by atoms with Crippen LogP contribution in [-0.2, 0) is 17.6 Å². The average Bonchev–Trinajstić information content (AvgIpc) is 3.52. The van der Waals surface area contributed by atoms with Crippen molar-refractivity contribution in [3.8, 4) is 5.75 Å². The van der Waals surface area contributed by atoms with Gasteiger partial charge in [-0.3, -0.25) is 5.10 Å². The van der Waals surface area contributed by atoms with E-state index in [4.69, 9.17) is 9.47 Å². The van der Waals surface area contributed by atoms with E-state index in [1.54, 1.807) is 23.9 Å². The van der Waals surface area contributed by atoms with Crippen molar-refractivity contribution in [2.24, 2.45) is 0 Å². The van der Waals surface area contributed by atoms with Crippen LogP contribution in [0.2, 0.25) is 0 Å². The van der Waals surface area contributed by atoms with Crippen LogP contribution in [0, 0.1) is 0 Å². The molecule has 1 fully saturated rings. The molecule has 4 heterocycles. The first kappa shape index (κ1) is 24.2. The lowest BCUT2D eigenvalue weighted by Gasteiger charge is -2.31. The number of aromatic nitrogens is 4. The molecule has 2 unspecified atom stereocenters. The lowest BCUT2D eigenvalue weighted by Crippen LogP contribution is -2.51. The smallest absolute Gasteiger partial charge is 0.319 e. The summed E-state index contributed by atoms with van der Waals surface area (Å²) in [7, 11) is 0. The molecule has 37 heavy (non-hydrogen) atoms. The number of nitrogens with one attached hydrogen (secondary N) is 2. The van der Waals surface area contributed by atoms with Crippen LogP contribution in [0.4, 0.5) is 11.5 Å². The van der Waals surface area contributed by atoms with Crippen molar-refractivity contribution in [1.82, 2.24) is 25.1 Å². The lowest BCUT2D eigenvalue weighted by atomic mass is 9.92. The number of rotatable bonds is 7. The molecule has 0 spiro atoms. The molecule has 1 aliphatic heterocycles. The molecule has 6 rings (SSSR count). The highest BCUT2D eigenvalue weighted by atomic mass is 32.1. The Bertz CT molecular complexity index is 1440. The summed E-state index contributed by atoms with van der Waals surface area (Å²) in [6.07, 6.45) is 5.33. The number of fused-ring (bicyclic) bond motifs is 4. The van der Waals surface area contributed by atoms with E-state index in [9.17, 15) is 5.11 Å². The molecule has 194 valence electrons. The van der Waals surface area contributed by atoms with Crippen molar-refractivity contribution in [2.75, 3.05) is 31.6 Å². The quantitative estimate of drug-likeness (QED) is 0.193. The van der Waals surface area contributed by atoms with E-state index >= 15 is 0 Å². The molecule has 4 aromatic rings. The summed E-state index contributed by atoms with van der Waals surface area (Å²) in [5.74, 6) is 1.52. The standard InChI is InChI=1S/C26H32N7O3S/c1-15(2)36-21-12-19-16(13-29-31-19)10-20(21)30-24-23-18-5-4-17(11-22(18)37-25(23)28-14-27-24)32(3)26(34)33-6-8-35-9-7-33/h10,12-15,17,26,34H,3-9,11H2,1-2H3,(H,29,31)(H,27,28,30)/q+1. The molecule has 10 nitrogen and oxygen atoms in total. The van der Waals surface area contributed by atoms with Gasteiger partial charge in [-0.15, -0.1) is 11.3 Å². The van der Waals surface area contributed by atoms with E-state index in [2.05, 4.69) is 32.2 Å². The Morgan fingerprint density at radius 2 is 2.14 bits per heavy atom. The zero-order valence-corrected chi connectivity index (χ0v) is 21.9. The van der Waals surface area contributed by atoms with Gasteiger partial charge in [0.2, 0.25) is 0 Å².